The van der Waals surface area contributed by atoms with Crippen LogP contribution in [0.4, 0.5) is 14.5 Å². The van der Waals surface area contributed by atoms with E-state index in [0.29, 0.717) is 56.2 Å². The first-order valence-corrected chi connectivity index (χ1v) is 15.3. The lowest BCUT2D eigenvalue weighted by Gasteiger charge is -2.35. The summed E-state index contributed by atoms with van der Waals surface area (Å²) in [4.78, 5) is 48.9. The minimum Gasteiger partial charge on any atom is -0.476 e. The van der Waals surface area contributed by atoms with Gasteiger partial charge in [0.05, 0.1) is 16.6 Å². The van der Waals surface area contributed by atoms with Gasteiger partial charge in [-0.15, -0.1) is 0 Å². The summed E-state index contributed by atoms with van der Waals surface area (Å²) >= 11 is 6.45. The highest BCUT2D eigenvalue weighted by molar-refractivity contribution is 6.34. The average molecular weight is 655 g/mol. The lowest BCUT2D eigenvalue weighted by Crippen LogP contribution is -2.51. The van der Waals surface area contributed by atoms with Crippen LogP contribution in [-0.2, 0) is 11.2 Å². The summed E-state index contributed by atoms with van der Waals surface area (Å²) in [5, 5.41) is 17.6. The minimum atomic E-state index is -1.21. The number of ether oxygens (including phenoxy) is 1. The van der Waals surface area contributed by atoms with Gasteiger partial charge in [-0.25, -0.2) is 9.37 Å². The molecule has 2 saturated heterocycles. The van der Waals surface area contributed by atoms with Crippen molar-refractivity contribution in [2.45, 2.75) is 25.3 Å². The molecular formula is C31H33ClF2N8O4. The van der Waals surface area contributed by atoms with Gasteiger partial charge in [0, 0.05) is 63.3 Å². The fourth-order valence-corrected chi connectivity index (χ4v) is 5.63. The Morgan fingerprint density at radius 3 is 2.65 bits per heavy atom. The topological polar surface area (TPSA) is 155 Å². The third-order valence-electron chi connectivity index (χ3n) is 7.86. The Morgan fingerprint density at radius 2 is 1.93 bits per heavy atom. The third kappa shape index (κ3) is 7.97. The molecule has 0 radical (unpaired) electrons. The van der Waals surface area contributed by atoms with Gasteiger partial charge in [0.2, 0.25) is 11.7 Å². The molecule has 242 valence electrons. The van der Waals surface area contributed by atoms with E-state index in [1.54, 1.807) is 23.1 Å². The number of anilines is 1. The second-order valence-electron chi connectivity index (χ2n) is 11.0. The summed E-state index contributed by atoms with van der Waals surface area (Å²) in [5.41, 5.74) is 1.01. The zero-order chi connectivity index (χ0) is 32.6. The molecule has 2 aliphatic heterocycles. The van der Waals surface area contributed by atoms with Gasteiger partial charge in [-0.05, 0) is 49.2 Å². The number of nitrogens with zero attached hydrogens (tertiary/aromatic N) is 4. The lowest BCUT2D eigenvalue weighted by molar-refractivity contribution is -0.122. The van der Waals surface area contributed by atoms with Crippen molar-refractivity contribution in [2.24, 2.45) is 0 Å². The Morgan fingerprint density at radius 1 is 1.13 bits per heavy atom. The zero-order valence-electron chi connectivity index (χ0n) is 24.9. The highest BCUT2D eigenvalue weighted by Gasteiger charge is 2.25. The van der Waals surface area contributed by atoms with Gasteiger partial charge in [0.1, 0.15) is 6.07 Å². The van der Waals surface area contributed by atoms with E-state index in [0.717, 1.165) is 19.4 Å². The van der Waals surface area contributed by atoms with Crippen molar-refractivity contribution >= 4 is 35.0 Å². The van der Waals surface area contributed by atoms with Crippen molar-refractivity contribution in [3.63, 3.8) is 0 Å². The van der Waals surface area contributed by atoms with E-state index in [1.807, 2.05) is 0 Å². The van der Waals surface area contributed by atoms with Crippen LogP contribution in [0.15, 0.2) is 36.5 Å². The average Bonchev–Trinajstić information content (AvgIpc) is 3.76. The number of piperazine rings is 1. The highest BCUT2D eigenvalue weighted by Crippen LogP contribution is 2.25. The van der Waals surface area contributed by atoms with Crippen molar-refractivity contribution in [3.8, 4) is 11.8 Å². The van der Waals surface area contributed by atoms with Gasteiger partial charge >= 0.3 is 0 Å². The molecule has 0 aliphatic carbocycles. The number of halogens is 3. The molecule has 3 amide bonds. The fourth-order valence-electron chi connectivity index (χ4n) is 5.37. The van der Waals surface area contributed by atoms with Gasteiger partial charge in [-0.2, -0.15) is 9.65 Å². The van der Waals surface area contributed by atoms with E-state index in [2.05, 4.69) is 30.8 Å². The molecule has 3 heterocycles. The molecule has 0 bridgehead atoms. The monoisotopic (exact) mass is 654 g/mol. The van der Waals surface area contributed by atoms with E-state index in [4.69, 9.17) is 21.6 Å². The van der Waals surface area contributed by atoms with Crippen molar-refractivity contribution in [1.82, 2.24) is 30.4 Å². The van der Waals surface area contributed by atoms with Gasteiger partial charge in [0.15, 0.2) is 24.0 Å². The van der Waals surface area contributed by atoms with Crippen LogP contribution in [0.5, 0.6) is 5.75 Å². The fraction of sp³-hybridized carbons (Fsp3) is 0.387. The zero-order valence-corrected chi connectivity index (χ0v) is 25.6. The lowest BCUT2D eigenvalue weighted by atomic mass is 10.1. The first-order valence-electron chi connectivity index (χ1n) is 14.9. The number of hydrogen-bond donors (Lipinski definition) is 4. The SMILES string of the molecule is N#CCOc1ccc(Cc2cnc(C(=O)Nc3ccc(C(=O)N4CCN(CCNC(=O)[C@@H]5CCCN5)CC4)c(Cl)c3)[nH]2)c(F)c1F. The van der Waals surface area contributed by atoms with Crippen LogP contribution < -0.4 is 20.7 Å². The number of H-pyrrole nitrogens is 1. The second-order valence-corrected chi connectivity index (χ2v) is 11.4. The number of nitrogens with one attached hydrogen (secondary N) is 4. The quantitative estimate of drug-likeness (QED) is 0.246. The molecule has 2 aliphatic rings. The van der Waals surface area contributed by atoms with Crippen LogP contribution in [0.25, 0.3) is 0 Å². The first kappa shape index (κ1) is 32.8. The summed E-state index contributed by atoms with van der Waals surface area (Å²) in [6.07, 6.45) is 3.13. The summed E-state index contributed by atoms with van der Waals surface area (Å²) < 4.78 is 33.6. The molecule has 12 nitrogen and oxygen atoms in total. The van der Waals surface area contributed by atoms with E-state index in [1.165, 1.54) is 24.4 Å². The van der Waals surface area contributed by atoms with E-state index >= 15 is 0 Å². The Bertz CT molecular complexity index is 1630. The Kier molecular flexibility index (Phi) is 10.8. The van der Waals surface area contributed by atoms with Crippen LogP contribution in [-0.4, -0.2) is 96.0 Å². The van der Waals surface area contributed by atoms with Crippen LogP contribution in [0, 0.1) is 23.0 Å². The molecule has 0 saturated carbocycles. The van der Waals surface area contributed by atoms with Crippen LogP contribution in [0.3, 0.4) is 0 Å². The number of benzene rings is 2. The van der Waals surface area contributed by atoms with E-state index in [9.17, 15) is 23.2 Å². The van der Waals surface area contributed by atoms with Crippen LogP contribution >= 0.6 is 11.6 Å². The Labute approximate surface area is 269 Å². The van der Waals surface area contributed by atoms with Crippen LogP contribution in [0.2, 0.25) is 5.02 Å². The number of amides is 3. The Balaban J connectivity index is 1.10. The molecule has 0 spiro atoms. The second kappa shape index (κ2) is 15.1. The summed E-state index contributed by atoms with van der Waals surface area (Å²) in [6, 6.07) is 8.73. The van der Waals surface area contributed by atoms with Gasteiger partial charge in [-0.1, -0.05) is 17.7 Å². The first-order chi connectivity index (χ1) is 22.2. The predicted molar refractivity (Wildman–Crippen MR) is 165 cm³/mol. The molecular weight excluding hydrogens is 622 g/mol. The number of aromatic nitrogens is 2. The van der Waals surface area contributed by atoms with Crippen molar-refractivity contribution in [1.29, 1.82) is 5.26 Å². The van der Waals surface area contributed by atoms with Crippen molar-refractivity contribution in [3.05, 3.63) is 75.8 Å². The molecule has 1 aromatic heterocycles. The standard InChI is InChI=1S/C31H33ClF2N8O4/c32-23-17-20(40-30(44)28-38-18-21(39-28)16-19-3-6-25(46-15-7-35)27(34)26(19)33)4-5-22(23)31(45)42-13-11-41(12-14-42)10-9-37-29(43)24-2-1-8-36-24/h3-6,17-18,24,36H,1-2,8-16H2,(H,37,43)(H,38,39)(H,40,44)/t24-/m0/s1. The maximum atomic E-state index is 14.5. The number of imidazole rings is 1. The molecule has 2 fully saturated rings. The number of nitriles is 1. The van der Waals surface area contributed by atoms with Crippen molar-refractivity contribution < 1.29 is 27.9 Å². The maximum absolute atomic E-state index is 14.5. The molecule has 0 unspecified atom stereocenters. The molecule has 2 aromatic carbocycles. The van der Waals surface area contributed by atoms with Crippen molar-refractivity contribution in [2.75, 3.05) is 57.7 Å². The molecule has 1 atom stereocenters. The van der Waals surface area contributed by atoms with Crippen LogP contribution in [0.1, 0.15) is 45.1 Å². The highest BCUT2D eigenvalue weighted by atomic mass is 35.5. The smallest absolute Gasteiger partial charge is 0.291 e. The third-order valence-corrected chi connectivity index (χ3v) is 8.18. The predicted octanol–water partition coefficient (Wildman–Crippen LogP) is 2.71. The summed E-state index contributed by atoms with van der Waals surface area (Å²) in [5.74, 6) is -3.54. The largest absolute Gasteiger partial charge is 0.476 e. The molecule has 46 heavy (non-hydrogen) atoms. The number of carbonyl (C=O) groups is 3. The Hall–Kier alpha value is -4.58. The van der Waals surface area contributed by atoms with E-state index < -0.39 is 24.1 Å². The number of hydrogen-bond acceptors (Lipinski definition) is 8. The molecule has 4 N–H and O–H groups in total. The molecule has 3 aromatic rings. The van der Waals surface area contributed by atoms with Gasteiger partial charge < -0.3 is 30.6 Å². The number of rotatable bonds is 11. The van der Waals surface area contributed by atoms with Gasteiger partial charge in [-0.3, -0.25) is 19.3 Å². The minimum absolute atomic E-state index is 0.00619. The molecule has 15 heteroatoms. The summed E-state index contributed by atoms with van der Waals surface area (Å²) in [6.45, 7) is 4.08. The van der Waals surface area contributed by atoms with E-state index in [-0.39, 0.29) is 46.4 Å². The number of carbonyl (C=O) groups excluding carboxylic acids is 3. The number of aromatic amines is 1. The molecule has 5 rings (SSSR count). The summed E-state index contributed by atoms with van der Waals surface area (Å²) in [7, 11) is 0. The normalized spacial score (nSPS) is 16.6. The maximum Gasteiger partial charge on any atom is 0.291 e. The van der Waals surface area contributed by atoms with Gasteiger partial charge in [0.25, 0.3) is 11.8 Å².